The second-order valence-corrected chi connectivity index (χ2v) is 9.54. The van der Waals surface area contributed by atoms with E-state index < -0.39 is 0 Å². The van der Waals surface area contributed by atoms with E-state index >= 15 is 0 Å². The molecule has 4 unspecified atom stereocenters. The fourth-order valence-corrected chi connectivity index (χ4v) is 4.98. The van der Waals surface area contributed by atoms with Gasteiger partial charge in [0.1, 0.15) is 17.8 Å². The summed E-state index contributed by atoms with van der Waals surface area (Å²) >= 11 is 0. The van der Waals surface area contributed by atoms with Crippen molar-refractivity contribution in [1.29, 1.82) is 0 Å². The number of rotatable bonds is 3. The number of nitrogens with zero attached hydrogens (tertiary/aromatic N) is 5. The number of H-pyrrole nitrogens is 1. The lowest BCUT2D eigenvalue weighted by Crippen LogP contribution is -2.54. The van der Waals surface area contributed by atoms with Crippen molar-refractivity contribution in [2.45, 2.75) is 38.8 Å². The molecule has 4 heterocycles. The maximum Gasteiger partial charge on any atom is 0.317 e. The zero-order chi connectivity index (χ0) is 25.5. The number of amides is 4. The summed E-state index contributed by atoms with van der Waals surface area (Å²) in [4.78, 5) is 41.0. The lowest BCUT2D eigenvalue weighted by atomic mass is 9.92. The van der Waals surface area contributed by atoms with E-state index in [1.165, 1.54) is 0 Å². The molecule has 2 aromatic rings. The standard InChI is InChI=1S/C15H22N6O.C9H19N3O/c1-10-5-7-21(15(22)16-2)8-12(10)20(3)14-11-4-6-17-13(11)18-9-19-14;1-7-4-5-12(9(13)11-3)6-8(7)10-2/h4,6,9-10,12H,5,7-8H2,1-3H3,(H,16,22)(H,17,18,19);7-8,10H,4-6H2,1-3H3,(H,11,13). The number of piperidine rings is 2. The largest absolute Gasteiger partial charge is 0.354 e. The Balaban J connectivity index is 0.000000225. The van der Waals surface area contributed by atoms with Gasteiger partial charge in [-0.15, -0.1) is 0 Å². The molecule has 0 aromatic carbocycles. The number of aromatic amines is 1. The third-order valence-electron chi connectivity index (χ3n) is 7.41. The number of carbonyl (C=O) groups is 2. The Labute approximate surface area is 208 Å². The summed E-state index contributed by atoms with van der Waals surface area (Å²) in [7, 11) is 7.35. The molecule has 2 saturated heterocycles. The van der Waals surface area contributed by atoms with Crippen LogP contribution in [-0.2, 0) is 0 Å². The molecule has 0 saturated carbocycles. The highest BCUT2D eigenvalue weighted by molar-refractivity contribution is 5.87. The van der Waals surface area contributed by atoms with Gasteiger partial charge in [-0.1, -0.05) is 13.8 Å². The van der Waals surface area contributed by atoms with Gasteiger partial charge in [0.25, 0.3) is 0 Å². The molecule has 0 bridgehead atoms. The first-order chi connectivity index (χ1) is 16.8. The normalized spacial score (nSPS) is 24.4. The number of fused-ring (bicyclic) bond motifs is 1. The number of carbonyl (C=O) groups excluding carboxylic acids is 2. The fourth-order valence-electron chi connectivity index (χ4n) is 4.98. The second kappa shape index (κ2) is 12.1. The van der Waals surface area contributed by atoms with Crippen molar-refractivity contribution < 1.29 is 9.59 Å². The topological polar surface area (TPSA) is 122 Å². The van der Waals surface area contributed by atoms with Crippen molar-refractivity contribution >= 4 is 28.9 Å². The Morgan fingerprint density at radius 1 is 1.00 bits per heavy atom. The lowest BCUT2D eigenvalue weighted by molar-refractivity contribution is 0.155. The molecular weight excluding hydrogens is 446 g/mol. The fraction of sp³-hybridized carbons (Fsp3) is 0.667. The van der Waals surface area contributed by atoms with Crippen molar-refractivity contribution in [3.05, 3.63) is 18.6 Å². The SMILES string of the molecule is CNC(=O)N1CCC(C)C(N(C)c2ncnc3[nH]ccc23)C1.CNC(=O)N1CCC(C)C(NC)C1. The molecule has 4 N–H and O–H groups in total. The molecule has 11 nitrogen and oxygen atoms in total. The number of likely N-dealkylation sites (tertiary alicyclic amines) is 2. The van der Waals surface area contributed by atoms with Crippen LogP contribution in [0.4, 0.5) is 15.4 Å². The quantitative estimate of drug-likeness (QED) is 0.523. The van der Waals surface area contributed by atoms with Crippen molar-refractivity contribution in [3.63, 3.8) is 0 Å². The molecule has 0 spiro atoms. The van der Waals surface area contributed by atoms with E-state index in [0.29, 0.717) is 24.4 Å². The van der Waals surface area contributed by atoms with E-state index in [0.717, 1.165) is 49.3 Å². The summed E-state index contributed by atoms with van der Waals surface area (Å²) in [6.07, 6.45) is 5.52. The lowest BCUT2D eigenvalue weighted by Gasteiger charge is -2.42. The molecule has 4 atom stereocenters. The van der Waals surface area contributed by atoms with E-state index in [4.69, 9.17) is 0 Å². The van der Waals surface area contributed by atoms with Crippen LogP contribution in [-0.4, -0.2) is 103 Å². The van der Waals surface area contributed by atoms with Crippen molar-refractivity contribution in [3.8, 4) is 0 Å². The van der Waals surface area contributed by atoms with Crippen LogP contribution >= 0.6 is 0 Å². The molecule has 11 heteroatoms. The van der Waals surface area contributed by atoms with Gasteiger partial charge in [-0.3, -0.25) is 0 Å². The number of hydrogen-bond donors (Lipinski definition) is 4. The third kappa shape index (κ3) is 6.14. The minimum absolute atomic E-state index is 0.0141. The van der Waals surface area contributed by atoms with Crippen LogP contribution in [0.25, 0.3) is 11.0 Å². The van der Waals surface area contributed by atoms with Gasteiger partial charge < -0.3 is 35.6 Å². The van der Waals surface area contributed by atoms with Gasteiger partial charge in [0, 0.05) is 59.6 Å². The zero-order valence-electron chi connectivity index (χ0n) is 21.8. The summed E-state index contributed by atoms with van der Waals surface area (Å²) in [6, 6.07) is 2.68. The highest BCUT2D eigenvalue weighted by Gasteiger charge is 2.32. The summed E-state index contributed by atoms with van der Waals surface area (Å²) < 4.78 is 0. The molecule has 194 valence electrons. The van der Waals surface area contributed by atoms with Crippen LogP contribution < -0.4 is 20.9 Å². The van der Waals surface area contributed by atoms with E-state index in [1.807, 2.05) is 36.2 Å². The van der Waals surface area contributed by atoms with Crippen LogP contribution in [0.3, 0.4) is 0 Å². The summed E-state index contributed by atoms with van der Waals surface area (Å²) in [5.74, 6) is 2.06. The van der Waals surface area contributed by atoms with Crippen molar-refractivity contribution in [2.75, 3.05) is 59.3 Å². The Bertz CT molecular complexity index is 981. The monoisotopic (exact) mass is 487 g/mol. The van der Waals surface area contributed by atoms with Crippen LogP contribution in [0.5, 0.6) is 0 Å². The van der Waals surface area contributed by atoms with Gasteiger partial charge in [-0.2, -0.15) is 0 Å². The van der Waals surface area contributed by atoms with Gasteiger partial charge in [0.15, 0.2) is 0 Å². The zero-order valence-corrected chi connectivity index (χ0v) is 21.8. The van der Waals surface area contributed by atoms with Crippen LogP contribution in [0.15, 0.2) is 18.6 Å². The molecule has 35 heavy (non-hydrogen) atoms. The third-order valence-corrected chi connectivity index (χ3v) is 7.41. The molecular formula is C24H41N9O2. The van der Waals surface area contributed by atoms with Gasteiger partial charge in [0.2, 0.25) is 0 Å². The van der Waals surface area contributed by atoms with Gasteiger partial charge >= 0.3 is 12.1 Å². The first-order valence-corrected chi connectivity index (χ1v) is 12.4. The Morgan fingerprint density at radius 3 is 2.26 bits per heavy atom. The average Bonchev–Trinajstić information content (AvgIpc) is 3.37. The minimum Gasteiger partial charge on any atom is -0.354 e. The average molecular weight is 488 g/mol. The predicted molar refractivity (Wildman–Crippen MR) is 139 cm³/mol. The van der Waals surface area contributed by atoms with Gasteiger partial charge in [-0.05, 0) is 37.8 Å². The number of hydrogen-bond acceptors (Lipinski definition) is 6. The van der Waals surface area contributed by atoms with Gasteiger partial charge in [-0.25, -0.2) is 19.6 Å². The summed E-state index contributed by atoms with van der Waals surface area (Å²) in [5.41, 5.74) is 0.837. The molecule has 2 fully saturated rings. The van der Waals surface area contributed by atoms with Gasteiger partial charge in [0.05, 0.1) is 11.4 Å². The predicted octanol–water partition coefficient (Wildman–Crippen LogP) is 1.70. The molecule has 0 aliphatic carbocycles. The Kier molecular flexibility index (Phi) is 9.13. The van der Waals surface area contributed by atoms with Crippen LogP contribution in [0.1, 0.15) is 26.7 Å². The maximum atomic E-state index is 11.9. The molecule has 4 amide bonds. The van der Waals surface area contributed by atoms with Crippen molar-refractivity contribution in [2.24, 2.45) is 11.8 Å². The molecule has 2 aliphatic rings. The van der Waals surface area contributed by atoms with E-state index in [2.05, 4.69) is 49.6 Å². The first-order valence-electron chi connectivity index (χ1n) is 12.4. The van der Waals surface area contributed by atoms with E-state index in [-0.39, 0.29) is 18.1 Å². The van der Waals surface area contributed by atoms with E-state index in [9.17, 15) is 9.59 Å². The maximum absolute atomic E-state index is 11.9. The summed E-state index contributed by atoms with van der Waals surface area (Å²) in [5, 5.41) is 9.62. The minimum atomic E-state index is -0.0141. The first kappa shape index (κ1) is 26.5. The molecule has 0 radical (unpaired) electrons. The molecule has 4 rings (SSSR count). The van der Waals surface area contributed by atoms with Crippen molar-refractivity contribution in [1.82, 2.24) is 40.7 Å². The number of likely N-dealkylation sites (N-methyl/N-ethyl adjacent to an activating group) is 2. The Morgan fingerprint density at radius 2 is 1.63 bits per heavy atom. The Hall–Kier alpha value is -3.08. The molecule has 2 aromatic heterocycles. The highest BCUT2D eigenvalue weighted by Crippen LogP contribution is 2.28. The van der Waals surface area contributed by atoms with E-state index in [1.54, 1.807) is 20.4 Å². The summed E-state index contributed by atoms with van der Waals surface area (Å²) in [6.45, 7) is 7.65. The highest BCUT2D eigenvalue weighted by atomic mass is 16.2. The second-order valence-electron chi connectivity index (χ2n) is 9.54. The molecule has 2 aliphatic heterocycles. The number of aromatic nitrogens is 3. The number of anilines is 1. The van der Waals surface area contributed by atoms with Crippen LogP contribution in [0, 0.1) is 11.8 Å². The van der Waals surface area contributed by atoms with Crippen LogP contribution in [0.2, 0.25) is 0 Å². The number of urea groups is 2. The smallest absolute Gasteiger partial charge is 0.317 e. The number of nitrogens with one attached hydrogen (secondary N) is 4.